The molecule has 2 heterocycles. The molecule has 1 saturated carbocycles. The highest BCUT2D eigenvalue weighted by Crippen LogP contribution is 2.37. The Balaban J connectivity index is 1.70. The van der Waals surface area contributed by atoms with Crippen LogP contribution in [0, 0.1) is 5.92 Å². The Labute approximate surface area is 175 Å². The van der Waals surface area contributed by atoms with Crippen LogP contribution >= 0.6 is 0 Å². The number of allylic oxidation sites excluding steroid dienone is 1. The van der Waals surface area contributed by atoms with E-state index in [2.05, 4.69) is 46.7 Å². The zero-order valence-corrected chi connectivity index (χ0v) is 17.1. The highest BCUT2D eigenvalue weighted by molar-refractivity contribution is 6.04. The van der Waals surface area contributed by atoms with Gasteiger partial charge in [0.05, 0.1) is 22.7 Å². The summed E-state index contributed by atoms with van der Waals surface area (Å²) in [6.45, 7) is 2.13. The number of benzene rings is 1. The van der Waals surface area contributed by atoms with Crippen molar-refractivity contribution in [2.24, 2.45) is 11.0 Å². The lowest BCUT2D eigenvalue weighted by atomic mass is 9.79. The van der Waals surface area contributed by atoms with Crippen LogP contribution in [0.3, 0.4) is 0 Å². The van der Waals surface area contributed by atoms with Crippen LogP contribution in [0.1, 0.15) is 67.8 Å². The van der Waals surface area contributed by atoms with E-state index in [0.29, 0.717) is 5.69 Å². The molecule has 2 aromatic rings. The highest BCUT2D eigenvalue weighted by Gasteiger charge is 2.33. The predicted octanol–water partition coefficient (Wildman–Crippen LogP) is 6.35. The molecule has 0 radical (unpaired) electrons. The Kier molecular flexibility index (Phi) is 5.93. The number of alkyl halides is 3. The number of fused-ring (bicyclic) bond motifs is 1. The summed E-state index contributed by atoms with van der Waals surface area (Å²) in [5.74, 6) is 0.0802. The monoisotopic (exact) mass is 413 g/mol. The third kappa shape index (κ3) is 4.27. The number of rotatable bonds is 3. The zero-order valence-electron chi connectivity index (χ0n) is 17.1. The summed E-state index contributed by atoms with van der Waals surface area (Å²) in [5.41, 5.74) is 8.47. The molecule has 1 unspecified atom stereocenters. The quantitative estimate of drug-likeness (QED) is 0.636. The maximum Gasteiger partial charge on any atom is 0.417 e. The number of hydrazone groups is 1. The molecule has 6 heteroatoms. The minimum Gasteiger partial charge on any atom is -0.278 e. The first-order valence-corrected chi connectivity index (χ1v) is 10.7. The van der Waals surface area contributed by atoms with E-state index in [1.165, 1.54) is 30.0 Å². The first-order chi connectivity index (χ1) is 14.5. The van der Waals surface area contributed by atoms with Crippen molar-refractivity contribution in [3.05, 3.63) is 70.6 Å². The number of hydrogen-bond acceptors (Lipinski definition) is 3. The van der Waals surface area contributed by atoms with Gasteiger partial charge in [-0.15, -0.1) is 0 Å². The first kappa shape index (κ1) is 20.6. The van der Waals surface area contributed by atoms with E-state index >= 15 is 0 Å². The lowest BCUT2D eigenvalue weighted by Gasteiger charge is -2.31. The van der Waals surface area contributed by atoms with Gasteiger partial charge in [-0.1, -0.05) is 50.5 Å². The van der Waals surface area contributed by atoms with E-state index in [1.807, 2.05) is 0 Å². The number of nitrogens with one attached hydrogen (secondary N) is 1. The summed E-state index contributed by atoms with van der Waals surface area (Å²) in [5, 5.41) is 4.61. The van der Waals surface area contributed by atoms with Crippen LogP contribution in [0.5, 0.6) is 0 Å². The fourth-order valence-electron chi connectivity index (χ4n) is 4.34. The van der Waals surface area contributed by atoms with Crippen LogP contribution < -0.4 is 5.43 Å². The van der Waals surface area contributed by atoms with E-state index in [-0.39, 0.29) is 5.92 Å². The maximum atomic E-state index is 12.9. The molecule has 3 nitrogen and oxygen atoms in total. The smallest absolute Gasteiger partial charge is 0.278 e. The molecular weight excluding hydrogens is 387 g/mol. The van der Waals surface area contributed by atoms with Crippen LogP contribution in [0.25, 0.3) is 5.70 Å². The van der Waals surface area contributed by atoms with E-state index in [0.717, 1.165) is 61.3 Å². The van der Waals surface area contributed by atoms with Crippen LogP contribution in [0.4, 0.5) is 13.2 Å². The molecular formula is C24H26F3N3. The molecule has 0 amide bonds. The number of aromatic nitrogens is 1. The van der Waals surface area contributed by atoms with Crippen molar-refractivity contribution in [3.63, 3.8) is 0 Å². The van der Waals surface area contributed by atoms with Gasteiger partial charge < -0.3 is 0 Å². The molecule has 1 N–H and O–H groups in total. The predicted molar refractivity (Wildman–Crippen MR) is 113 cm³/mol. The Hall–Kier alpha value is -2.63. The van der Waals surface area contributed by atoms with E-state index in [4.69, 9.17) is 0 Å². The third-order valence-corrected chi connectivity index (χ3v) is 6.05. The topological polar surface area (TPSA) is 37.3 Å². The van der Waals surface area contributed by atoms with Crippen molar-refractivity contribution in [2.75, 3.05) is 0 Å². The molecule has 1 aromatic heterocycles. The van der Waals surface area contributed by atoms with Crippen LogP contribution in [0.2, 0.25) is 0 Å². The summed E-state index contributed by atoms with van der Waals surface area (Å²) >= 11 is 0. The number of hydrogen-bond donors (Lipinski definition) is 1. The molecule has 158 valence electrons. The number of halogens is 3. The SMILES string of the molecule is CCc1ccc(C2=C3CCCCCCC3C(c3ccc(C(F)(F)F)cn3)=NN2)cc1. The minimum atomic E-state index is -4.39. The molecule has 1 aliphatic carbocycles. The highest BCUT2D eigenvalue weighted by atomic mass is 19.4. The molecule has 0 saturated heterocycles. The van der Waals surface area contributed by atoms with Crippen molar-refractivity contribution in [2.45, 2.75) is 58.0 Å². The fraction of sp³-hybridized carbons (Fsp3) is 0.417. The molecule has 2 aliphatic rings. The summed E-state index contributed by atoms with van der Waals surface area (Å²) in [6.07, 6.45) is 3.97. The van der Waals surface area contributed by atoms with Crippen molar-refractivity contribution < 1.29 is 13.2 Å². The van der Waals surface area contributed by atoms with Gasteiger partial charge in [-0.25, -0.2) is 0 Å². The second-order valence-corrected chi connectivity index (χ2v) is 7.99. The lowest BCUT2D eigenvalue weighted by molar-refractivity contribution is -0.137. The van der Waals surface area contributed by atoms with Crippen LogP contribution in [0.15, 0.2) is 53.3 Å². The van der Waals surface area contributed by atoms with Crippen molar-refractivity contribution in [3.8, 4) is 0 Å². The van der Waals surface area contributed by atoms with Crippen molar-refractivity contribution in [1.82, 2.24) is 10.4 Å². The van der Waals surface area contributed by atoms with E-state index in [9.17, 15) is 13.2 Å². The molecule has 30 heavy (non-hydrogen) atoms. The Morgan fingerprint density at radius 3 is 2.43 bits per heavy atom. The fourth-order valence-corrected chi connectivity index (χ4v) is 4.34. The van der Waals surface area contributed by atoms with Gasteiger partial charge in [0.1, 0.15) is 0 Å². The Morgan fingerprint density at radius 1 is 1.00 bits per heavy atom. The maximum absolute atomic E-state index is 12.9. The largest absolute Gasteiger partial charge is 0.417 e. The molecule has 0 bridgehead atoms. The number of nitrogens with zero attached hydrogens (tertiary/aromatic N) is 2. The Morgan fingerprint density at radius 2 is 1.77 bits per heavy atom. The molecule has 1 fully saturated rings. The average Bonchev–Trinajstić information content (AvgIpc) is 2.73. The minimum absolute atomic E-state index is 0.0802. The van der Waals surface area contributed by atoms with Crippen LogP contribution in [-0.4, -0.2) is 10.7 Å². The molecule has 0 spiro atoms. The normalized spacial score (nSPS) is 20.0. The van der Waals surface area contributed by atoms with Crippen molar-refractivity contribution in [1.29, 1.82) is 0 Å². The standard InChI is InChI=1S/C24H26F3N3/c1-2-16-9-11-17(12-10-16)22-19-7-5-3-4-6-8-20(19)23(30-29-22)21-14-13-18(15-28-21)24(25,26)27/h9-15,20,29H,2-8H2,1H3. The molecule has 1 aromatic carbocycles. The molecule has 1 aliphatic heterocycles. The molecule has 4 rings (SSSR count). The number of pyridine rings is 1. The van der Waals surface area contributed by atoms with Gasteiger partial charge in [0, 0.05) is 12.1 Å². The Bertz CT molecular complexity index is 941. The van der Waals surface area contributed by atoms with E-state index in [1.54, 1.807) is 0 Å². The van der Waals surface area contributed by atoms with Gasteiger partial charge in [-0.2, -0.15) is 18.3 Å². The summed E-state index contributed by atoms with van der Waals surface area (Å²) < 4.78 is 38.8. The van der Waals surface area contributed by atoms with Gasteiger partial charge in [-0.3, -0.25) is 10.4 Å². The second kappa shape index (κ2) is 8.62. The van der Waals surface area contributed by atoms with E-state index < -0.39 is 11.7 Å². The summed E-state index contributed by atoms with van der Waals surface area (Å²) in [4.78, 5) is 4.12. The summed E-state index contributed by atoms with van der Waals surface area (Å²) in [6, 6.07) is 11.1. The molecule has 1 atom stereocenters. The summed E-state index contributed by atoms with van der Waals surface area (Å²) in [7, 11) is 0. The van der Waals surface area contributed by atoms with Gasteiger partial charge in [0.2, 0.25) is 0 Å². The van der Waals surface area contributed by atoms with Gasteiger partial charge in [0.25, 0.3) is 0 Å². The van der Waals surface area contributed by atoms with Crippen LogP contribution in [-0.2, 0) is 12.6 Å². The zero-order chi connectivity index (χ0) is 21.1. The van der Waals surface area contributed by atoms with Gasteiger partial charge in [0.15, 0.2) is 0 Å². The van der Waals surface area contributed by atoms with Crippen molar-refractivity contribution >= 4 is 11.4 Å². The third-order valence-electron chi connectivity index (χ3n) is 6.05. The lowest BCUT2D eigenvalue weighted by Crippen LogP contribution is -2.30. The first-order valence-electron chi connectivity index (χ1n) is 10.7. The second-order valence-electron chi connectivity index (χ2n) is 7.99. The van der Waals surface area contributed by atoms with Gasteiger partial charge >= 0.3 is 6.18 Å². The van der Waals surface area contributed by atoms with Gasteiger partial charge in [-0.05, 0) is 54.5 Å². The average molecular weight is 413 g/mol. The number of aryl methyl sites for hydroxylation is 1.